The summed E-state index contributed by atoms with van der Waals surface area (Å²) in [5.41, 5.74) is 0. The molecule has 1 aliphatic carbocycles. The van der Waals surface area contributed by atoms with Crippen LogP contribution in [0.3, 0.4) is 0 Å². The third-order valence-electron chi connectivity index (χ3n) is 4.27. The average Bonchev–Trinajstić information content (AvgIpc) is 2.33. The number of rotatable bonds is 5. The van der Waals surface area contributed by atoms with Crippen LogP contribution in [0.25, 0.3) is 0 Å². The first-order chi connectivity index (χ1) is 8.93. The number of urea groups is 1. The quantitative estimate of drug-likeness (QED) is 0.717. The highest BCUT2D eigenvalue weighted by atomic mass is 16.4. The SMILES string of the molecule is CCC(CC(=O)O)NC(=O)NC1CCCC(C)C1C. The van der Waals surface area contributed by atoms with Crippen LogP contribution in [0.5, 0.6) is 0 Å². The average molecular weight is 270 g/mol. The lowest BCUT2D eigenvalue weighted by Gasteiger charge is -2.34. The first-order valence-corrected chi connectivity index (χ1v) is 7.22. The molecule has 4 atom stereocenters. The number of carbonyl (C=O) groups excluding carboxylic acids is 1. The van der Waals surface area contributed by atoms with Crippen LogP contribution in [0.2, 0.25) is 0 Å². The van der Waals surface area contributed by atoms with Crippen LogP contribution in [-0.4, -0.2) is 29.2 Å². The molecule has 0 aromatic rings. The molecular formula is C14H26N2O3. The van der Waals surface area contributed by atoms with Crippen LogP contribution >= 0.6 is 0 Å². The molecule has 0 spiro atoms. The smallest absolute Gasteiger partial charge is 0.315 e. The molecule has 1 fully saturated rings. The van der Waals surface area contributed by atoms with E-state index in [-0.39, 0.29) is 24.5 Å². The van der Waals surface area contributed by atoms with Crippen molar-refractivity contribution in [2.75, 3.05) is 0 Å². The van der Waals surface area contributed by atoms with Crippen LogP contribution < -0.4 is 10.6 Å². The van der Waals surface area contributed by atoms with E-state index in [1.807, 2.05) is 6.92 Å². The van der Waals surface area contributed by atoms with Gasteiger partial charge in [0.25, 0.3) is 0 Å². The van der Waals surface area contributed by atoms with Crippen molar-refractivity contribution >= 4 is 12.0 Å². The zero-order chi connectivity index (χ0) is 14.4. The molecule has 0 radical (unpaired) electrons. The Bertz CT molecular complexity index is 320. The summed E-state index contributed by atoms with van der Waals surface area (Å²) in [6, 6.07) is -0.334. The van der Waals surface area contributed by atoms with E-state index < -0.39 is 5.97 Å². The molecule has 0 aromatic carbocycles. The number of hydrogen-bond donors (Lipinski definition) is 3. The fourth-order valence-corrected chi connectivity index (χ4v) is 2.69. The van der Waals surface area contributed by atoms with E-state index in [1.54, 1.807) is 0 Å². The molecule has 5 nitrogen and oxygen atoms in total. The van der Waals surface area contributed by atoms with Crippen molar-refractivity contribution in [1.29, 1.82) is 0 Å². The van der Waals surface area contributed by atoms with Gasteiger partial charge in [0, 0.05) is 12.1 Å². The number of hydrogen-bond acceptors (Lipinski definition) is 2. The van der Waals surface area contributed by atoms with Crippen molar-refractivity contribution in [3.05, 3.63) is 0 Å². The largest absolute Gasteiger partial charge is 0.481 e. The number of aliphatic carboxylic acids is 1. The summed E-state index contributed by atoms with van der Waals surface area (Å²) >= 11 is 0. The molecule has 1 rings (SSSR count). The maximum absolute atomic E-state index is 11.9. The van der Waals surface area contributed by atoms with Crippen molar-refractivity contribution in [2.45, 2.75) is 65.0 Å². The highest BCUT2D eigenvalue weighted by Gasteiger charge is 2.28. The Morgan fingerprint density at radius 2 is 2.00 bits per heavy atom. The van der Waals surface area contributed by atoms with Gasteiger partial charge in [0.05, 0.1) is 6.42 Å². The third kappa shape index (κ3) is 5.09. The number of nitrogens with one attached hydrogen (secondary N) is 2. The maximum Gasteiger partial charge on any atom is 0.315 e. The van der Waals surface area contributed by atoms with E-state index >= 15 is 0 Å². The predicted octanol–water partition coefficient (Wildman–Crippen LogP) is 2.36. The molecule has 3 N–H and O–H groups in total. The molecule has 2 amide bonds. The second-order valence-electron chi connectivity index (χ2n) is 5.69. The maximum atomic E-state index is 11.9. The van der Waals surface area contributed by atoms with Gasteiger partial charge in [-0.2, -0.15) is 0 Å². The molecule has 5 heteroatoms. The van der Waals surface area contributed by atoms with Crippen LogP contribution in [0.4, 0.5) is 4.79 Å². The Kier molecular flexibility index (Phi) is 6.12. The number of amides is 2. The molecule has 0 aromatic heterocycles. The molecule has 0 bridgehead atoms. The number of carbonyl (C=O) groups is 2. The van der Waals surface area contributed by atoms with E-state index in [2.05, 4.69) is 24.5 Å². The van der Waals surface area contributed by atoms with Crippen molar-refractivity contribution in [1.82, 2.24) is 10.6 Å². The summed E-state index contributed by atoms with van der Waals surface area (Å²) in [5.74, 6) is 0.214. The van der Waals surface area contributed by atoms with Gasteiger partial charge >= 0.3 is 12.0 Å². The fourth-order valence-electron chi connectivity index (χ4n) is 2.69. The van der Waals surface area contributed by atoms with E-state index in [0.29, 0.717) is 18.3 Å². The number of carboxylic acid groups (broad SMARTS) is 1. The Morgan fingerprint density at radius 3 is 2.58 bits per heavy atom. The lowest BCUT2D eigenvalue weighted by atomic mass is 9.78. The molecule has 19 heavy (non-hydrogen) atoms. The van der Waals surface area contributed by atoms with Gasteiger partial charge in [0.2, 0.25) is 0 Å². The topological polar surface area (TPSA) is 78.4 Å². The normalized spacial score (nSPS) is 28.5. The van der Waals surface area contributed by atoms with Gasteiger partial charge < -0.3 is 15.7 Å². The van der Waals surface area contributed by atoms with Gasteiger partial charge in [-0.1, -0.05) is 33.6 Å². The Hall–Kier alpha value is -1.26. The van der Waals surface area contributed by atoms with Crippen LogP contribution in [0, 0.1) is 11.8 Å². The zero-order valence-corrected chi connectivity index (χ0v) is 12.1. The summed E-state index contributed by atoms with van der Waals surface area (Å²) in [5, 5.41) is 14.5. The Balaban J connectivity index is 2.43. The monoisotopic (exact) mass is 270 g/mol. The summed E-state index contributed by atoms with van der Waals surface area (Å²) in [6.45, 7) is 6.26. The third-order valence-corrected chi connectivity index (χ3v) is 4.27. The van der Waals surface area contributed by atoms with Crippen molar-refractivity contribution in [2.24, 2.45) is 11.8 Å². The molecular weight excluding hydrogens is 244 g/mol. The lowest BCUT2D eigenvalue weighted by Crippen LogP contribution is -2.50. The molecule has 4 unspecified atom stereocenters. The minimum absolute atomic E-state index is 0.0272. The van der Waals surface area contributed by atoms with Crippen molar-refractivity contribution in [3.8, 4) is 0 Å². The minimum Gasteiger partial charge on any atom is -0.481 e. The molecule has 0 heterocycles. The van der Waals surface area contributed by atoms with Crippen molar-refractivity contribution in [3.63, 3.8) is 0 Å². The first kappa shape index (κ1) is 15.8. The Labute approximate surface area is 115 Å². The molecule has 1 aliphatic rings. The molecule has 0 aliphatic heterocycles. The minimum atomic E-state index is -0.883. The zero-order valence-electron chi connectivity index (χ0n) is 12.1. The van der Waals surface area contributed by atoms with Gasteiger partial charge in [-0.05, 0) is 24.7 Å². The summed E-state index contributed by atoms with van der Waals surface area (Å²) in [6.07, 6.45) is 3.96. The van der Waals surface area contributed by atoms with Crippen LogP contribution in [0.15, 0.2) is 0 Å². The summed E-state index contributed by atoms with van der Waals surface area (Å²) in [4.78, 5) is 22.6. The van der Waals surface area contributed by atoms with Gasteiger partial charge in [0.15, 0.2) is 0 Å². The molecule has 110 valence electrons. The van der Waals surface area contributed by atoms with Gasteiger partial charge in [0.1, 0.15) is 0 Å². The predicted molar refractivity (Wildman–Crippen MR) is 74.0 cm³/mol. The van der Waals surface area contributed by atoms with Crippen LogP contribution in [0.1, 0.15) is 52.9 Å². The fraction of sp³-hybridized carbons (Fsp3) is 0.857. The second kappa shape index (κ2) is 7.36. The molecule has 0 saturated heterocycles. The standard InChI is InChI=1S/C14H26N2O3/c1-4-11(8-13(17)18)15-14(19)16-12-7-5-6-9(2)10(12)3/h9-12H,4-8H2,1-3H3,(H,17,18)(H2,15,16,19). The van der Waals surface area contributed by atoms with E-state index in [0.717, 1.165) is 12.8 Å². The van der Waals surface area contributed by atoms with E-state index in [4.69, 9.17) is 5.11 Å². The lowest BCUT2D eigenvalue weighted by molar-refractivity contribution is -0.137. The van der Waals surface area contributed by atoms with E-state index in [1.165, 1.54) is 6.42 Å². The Morgan fingerprint density at radius 1 is 1.32 bits per heavy atom. The first-order valence-electron chi connectivity index (χ1n) is 7.22. The molecule has 1 saturated carbocycles. The van der Waals surface area contributed by atoms with Crippen molar-refractivity contribution < 1.29 is 14.7 Å². The second-order valence-corrected chi connectivity index (χ2v) is 5.69. The van der Waals surface area contributed by atoms with E-state index in [9.17, 15) is 9.59 Å². The highest BCUT2D eigenvalue weighted by Crippen LogP contribution is 2.29. The number of carboxylic acids is 1. The summed E-state index contributed by atoms with van der Waals surface area (Å²) in [7, 11) is 0. The highest BCUT2D eigenvalue weighted by molar-refractivity contribution is 5.76. The van der Waals surface area contributed by atoms with Gasteiger partial charge in [-0.25, -0.2) is 4.79 Å². The van der Waals surface area contributed by atoms with Crippen LogP contribution in [-0.2, 0) is 4.79 Å². The van der Waals surface area contributed by atoms with Gasteiger partial charge in [-0.15, -0.1) is 0 Å². The van der Waals surface area contributed by atoms with Gasteiger partial charge in [-0.3, -0.25) is 4.79 Å². The summed E-state index contributed by atoms with van der Waals surface area (Å²) < 4.78 is 0.